The van der Waals surface area contributed by atoms with E-state index in [0.717, 1.165) is 12.8 Å². The molecule has 2 aliphatic carbocycles. The van der Waals surface area contributed by atoms with Crippen molar-refractivity contribution in [3.8, 4) is 5.88 Å². The van der Waals surface area contributed by atoms with Crippen molar-refractivity contribution in [1.29, 1.82) is 0 Å². The molecule has 7 heteroatoms. The molecular weight excluding hydrogens is 304 g/mol. The first-order chi connectivity index (χ1) is 11.0. The van der Waals surface area contributed by atoms with E-state index in [4.69, 9.17) is 0 Å². The highest BCUT2D eigenvalue weighted by atomic mass is 19.3. The molecule has 23 heavy (non-hydrogen) atoms. The van der Waals surface area contributed by atoms with Crippen molar-refractivity contribution in [3.05, 3.63) is 23.9 Å². The SMILES string of the molecule is CC(NC(=O)NC1CC2(CCC2)C1)c1ccnc(OC(F)F)c1. The number of nitrogens with zero attached hydrogens (tertiary/aromatic N) is 1. The fraction of sp³-hybridized carbons (Fsp3) is 0.625. The monoisotopic (exact) mass is 325 g/mol. The van der Waals surface area contributed by atoms with Gasteiger partial charge in [0.05, 0.1) is 6.04 Å². The number of alkyl halides is 2. The van der Waals surface area contributed by atoms with E-state index in [2.05, 4.69) is 20.4 Å². The van der Waals surface area contributed by atoms with Gasteiger partial charge in [-0.3, -0.25) is 0 Å². The van der Waals surface area contributed by atoms with Gasteiger partial charge < -0.3 is 15.4 Å². The molecule has 3 rings (SSSR count). The topological polar surface area (TPSA) is 63.2 Å². The minimum atomic E-state index is -2.92. The number of amides is 2. The Labute approximate surface area is 133 Å². The average Bonchev–Trinajstić information content (AvgIpc) is 2.39. The average molecular weight is 325 g/mol. The molecule has 1 unspecified atom stereocenters. The van der Waals surface area contributed by atoms with Gasteiger partial charge in [-0.05, 0) is 49.7 Å². The van der Waals surface area contributed by atoms with Crippen LogP contribution in [0.2, 0.25) is 0 Å². The number of carbonyl (C=O) groups excluding carboxylic acids is 1. The maximum absolute atomic E-state index is 12.2. The minimum absolute atomic E-state index is 0.155. The Hall–Kier alpha value is -1.92. The minimum Gasteiger partial charge on any atom is -0.417 e. The lowest BCUT2D eigenvalue weighted by Gasteiger charge is -2.54. The van der Waals surface area contributed by atoms with Crippen molar-refractivity contribution in [3.63, 3.8) is 0 Å². The predicted octanol–water partition coefficient (Wildman–Crippen LogP) is 3.38. The van der Waals surface area contributed by atoms with Gasteiger partial charge in [0.2, 0.25) is 5.88 Å². The third-order valence-corrected chi connectivity index (χ3v) is 4.92. The lowest BCUT2D eigenvalue weighted by Crippen LogP contribution is -2.55. The Morgan fingerprint density at radius 3 is 2.78 bits per heavy atom. The van der Waals surface area contributed by atoms with Crippen LogP contribution in [0.4, 0.5) is 13.6 Å². The van der Waals surface area contributed by atoms with Crippen LogP contribution in [-0.4, -0.2) is 23.7 Å². The zero-order chi connectivity index (χ0) is 16.4. The third-order valence-electron chi connectivity index (χ3n) is 4.92. The Morgan fingerprint density at radius 2 is 2.17 bits per heavy atom. The molecular formula is C16H21F2N3O2. The van der Waals surface area contributed by atoms with E-state index in [9.17, 15) is 13.6 Å². The standard InChI is InChI=1S/C16H21F2N3O2/c1-10(11-3-6-19-13(7-11)23-14(17)18)20-15(22)21-12-8-16(9-12)4-2-5-16/h3,6-7,10,12,14H,2,4-5,8-9H2,1H3,(H2,20,21,22). The molecule has 0 aromatic carbocycles. The summed E-state index contributed by atoms with van der Waals surface area (Å²) >= 11 is 0. The first kappa shape index (κ1) is 16.0. The van der Waals surface area contributed by atoms with Crippen molar-refractivity contribution in [2.75, 3.05) is 0 Å². The van der Waals surface area contributed by atoms with Gasteiger partial charge in [-0.2, -0.15) is 8.78 Å². The molecule has 1 aromatic rings. The second-order valence-corrected chi connectivity index (χ2v) is 6.60. The summed E-state index contributed by atoms with van der Waals surface area (Å²) in [6.07, 6.45) is 7.39. The second kappa shape index (κ2) is 6.29. The van der Waals surface area contributed by atoms with Crippen molar-refractivity contribution >= 4 is 6.03 Å². The molecule has 0 saturated heterocycles. The Morgan fingerprint density at radius 1 is 1.43 bits per heavy atom. The van der Waals surface area contributed by atoms with E-state index in [-0.39, 0.29) is 24.0 Å². The van der Waals surface area contributed by atoms with E-state index in [1.165, 1.54) is 31.5 Å². The first-order valence-electron chi connectivity index (χ1n) is 7.94. The molecule has 1 spiro atoms. The van der Waals surface area contributed by atoms with Crippen LogP contribution in [0.15, 0.2) is 18.3 Å². The first-order valence-corrected chi connectivity index (χ1v) is 7.94. The number of hydrogen-bond donors (Lipinski definition) is 2. The molecule has 1 aromatic heterocycles. The number of carbonyl (C=O) groups is 1. The lowest BCUT2D eigenvalue weighted by molar-refractivity contribution is -0.0529. The highest BCUT2D eigenvalue weighted by Gasteiger charge is 2.48. The van der Waals surface area contributed by atoms with Crippen LogP contribution in [0.5, 0.6) is 5.88 Å². The molecule has 2 fully saturated rings. The highest BCUT2D eigenvalue weighted by molar-refractivity contribution is 5.75. The smallest absolute Gasteiger partial charge is 0.388 e. The van der Waals surface area contributed by atoms with Crippen LogP contribution in [0.3, 0.4) is 0 Å². The third kappa shape index (κ3) is 3.71. The van der Waals surface area contributed by atoms with Crippen LogP contribution < -0.4 is 15.4 Å². The van der Waals surface area contributed by atoms with Gasteiger partial charge >= 0.3 is 12.6 Å². The summed E-state index contributed by atoms with van der Waals surface area (Å²) < 4.78 is 28.7. The molecule has 2 aliphatic rings. The van der Waals surface area contributed by atoms with Crippen molar-refractivity contribution in [2.45, 2.75) is 57.7 Å². The second-order valence-electron chi connectivity index (χ2n) is 6.60. The van der Waals surface area contributed by atoms with E-state index >= 15 is 0 Å². The molecule has 2 amide bonds. The largest absolute Gasteiger partial charge is 0.417 e. The van der Waals surface area contributed by atoms with Crippen molar-refractivity contribution in [1.82, 2.24) is 15.6 Å². The molecule has 1 heterocycles. The van der Waals surface area contributed by atoms with Gasteiger partial charge in [-0.1, -0.05) is 6.42 Å². The van der Waals surface area contributed by atoms with Gasteiger partial charge in [0.15, 0.2) is 0 Å². The molecule has 126 valence electrons. The summed E-state index contributed by atoms with van der Waals surface area (Å²) in [6, 6.07) is 2.76. The molecule has 0 radical (unpaired) electrons. The van der Waals surface area contributed by atoms with Crippen LogP contribution in [0.25, 0.3) is 0 Å². The maximum Gasteiger partial charge on any atom is 0.388 e. The normalized spacial score (nSPS) is 20.5. The summed E-state index contributed by atoms with van der Waals surface area (Å²) in [5.41, 5.74) is 1.17. The van der Waals surface area contributed by atoms with Gasteiger partial charge in [-0.25, -0.2) is 9.78 Å². The Balaban J connectivity index is 1.48. The molecule has 2 N–H and O–H groups in total. The van der Waals surface area contributed by atoms with Crippen LogP contribution >= 0.6 is 0 Å². The van der Waals surface area contributed by atoms with Crippen LogP contribution in [0.1, 0.15) is 50.6 Å². The van der Waals surface area contributed by atoms with E-state index in [1.54, 1.807) is 13.0 Å². The van der Waals surface area contributed by atoms with Gasteiger partial charge in [-0.15, -0.1) is 0 Å². The summed E-state index contributed by atoms with van der Waals surface area (Å²) in [5, 5.41) is 5.79. The zero-order valence-corrected chi connectivity index (χ0v) is 13.0. The highest BCUT2D eigenvalue weighted by Crippen LogP contribution is 2.55. The van der Waals surface area contributed by atoms with Crippen molar-refractivity contribution < 1.29 is 18.3 Å². The summed E-state index contributed by atoms with van der Waals surface area (Å²) in [5.74, 6) is -0.155. The van der Waals surface area contributed by atoms with Crippen molar-refractivity contribution in [2.24, 2.45) is 5.41 Å². The molecule has 5 nitrogen and oxygen atoms in total. The Kier molecular flexibility index (Phi) is 4.37. The summed E-state index contributed by atoms with van der Waals surface area (Å²) in [4.78, 5) is 15.7. The number of rotatable bonds is 5. The van der Waals surface area contributed by atoms with E-state index in [1.807, 2.05) is 0 Å². The number of urea groups is 1. The quantitative estimate of drug-likeness (QED) is 0.872. The van der Waals surface area contributed by atoms with Gasteiger partial charge in [0.25, 0.3) is 0 Å². The fourth-order valence-corrected chi connectivity index (χ4v) is 3.53. The zero-order valence-electron chi connectivity index (χ0n) is 13.0. The molecule has 1 atom stereocenters. The Bertz CT molecular complexity index is 570. The summed E-state index contributed by atoms with van der Waals surface area (Å²) in [7, 11) is 0. The van der Waals surface area contributed by atoms with Gasteiger partial charge in [0.1, 0.15) is 0 Å². The maximum atomic E-state index is 12.2. The number of aromatic nitrogens is 1. The molecule has 0 bridgehead atoms. The lowest BCUT2D eigenvalue weighted by atomic mass is 9.54. The van der Waals surface area contributed by atoms with E-state index in [0.29, 0.717) is 11.0 Å². The number of ether oxygens (including phenoxy) is 1. The summed E-state index contributed by atoms with van der Waals surface area (Å²) in [6.45, 7) is -1.13. The molecule has 2 saturated carbocycles. The van der Waals surface area contributed by atoms with Crippen LogP contribution in [-0.2, 0) is 0 Å². The number of pyridine rings is 1. The van der Waals surface area contributed by atoms with Crippen LogP contribution in [0, 0.1) is 5.41 Å². The molecule has 0 aliphatic heterocycles. The number of halogens is 2. The van der Waals surface area contributed by atoms with Gasteiger partial charge in [0, 0.05) is 18.3 Å². The number of nitrogens with one attached hydrogen (secondary N) is 2. The predicted molar refractivity (Wildman–Crippen MR) is 80.3 cm³/mol. The number of hydrogen-bond acceptors (Lipinski definition) is 3. The fourth-order valence-electron chi connectivity index (χ4n) is 3.53. The van der Waals surface area contributed by atoms with E-state index < -0.39 is 6.61 Å².